The summed E-state index contributed by atoms with van der Waals surface area (Å²) in [5, 5.41) is 3.02. The largest absolute Gasteiger partial charge is 0.419 e. The molecule has 106 valence electrons. The number of hydrogen-bond acceptors (Lipinski definition) is 3. The van der Waals surface area contributed by atoms with E-state index in [4.69, 9.17) is 4.42 Å². The molecular weight excluding hydrogens is 256 g/mol. The van der Waals surface area contributed by atoms with Crippen LogP contribution in [0.5, 0.6) is 0 Å². The molecule has 0 radical (unpaired) electrons. The molecule has 2 aromatic rings. The molecule has 1 aliphatic rings. The number of amides is 1. The van der Waals surface area contributed by atoms with Crippen LogP contribution >= 0.6 is 0 Å². The van der Waals surface area contributed by atoms with Gasteiger partial charge in [-0.25, -0.2) is 4.79 Å². The van der Waals surface area contributed by atoms with Crippen molar-refractivity contribution >= 4 is 17.0 Å². The maximum absolute atomic E-state index is 11.9. The maximum atomic E-state index is 11.9. The van der Waals surface area contributed by atoms with Crippen LogP contribution in [-0.4, -0.2) is 16.5 Å². The monoisotopic (exact) mass is 274 g/mol. The van der Waals surface area contributed by atoms with Gasteiger partial charge < -0.3 is 9.73 Å². The lowest BCUT2D eigenvalue weighted by Crippen LogP contribution is -2.33. The van der Waals surface area contributed by atoms with Gasteiger partial charge in [0, 0.05) is 19.0 Å². The van der Waals surface area contributed by atoms with Gasteiger partial charge in [-0.05, 0) is 25.0 Å². The quantitative estimate of drug-likeness (QED) is 0.928. The summed E-state index contributed by atoms with van der Waals surface area (Å²) in [5.74, 6) is -0.394. The maximum Gasteiger partial charge on any atom is 0.419 e. The van der Waals surface area contributed by atoms with Crippen molar-refractivity contribution in [3.63, 3.8) is 0 Å². The molecule has 0 atom stereocenters. The summed E-state index contributed by atoms with van der Waals surface area (Å²) in [6, 6.07) is 7.58. The Kier molecular flexibility index (Phi) is 3.58. The van der Waals surface area contributed by atoms with E-state index >= 15 is 0 Å². The van der Waals surface area contributed by atoms with Crippen molar-refractivity contribution < 1.29 is 9.21 Å². The normalized spacial score (nSPS) is 15.8. The Balaban J connectivity index is 1.66. The molecular formula is C15H18N2O3. The topological polar surface area (TPSA) is 64.2 Å². The zero-order chi connectivity index (χ0) is 13.9. The highest BCUT2D eigenvalue weighted by Gasteiger charge is 2.17. The summed E-state index contributed by atoms with van der Waals surface area (Å²) in [7, 11) is 0. The summed E-state index contributed by atoms with van der Waals surface area (Å²) >= 11 is 0. The number of nitrogens with zero attached hydrogens (tertiary/aromatic N) is 1. The van der Waals surface area contributed by atoms with Crippen LogP contribution in [0.4, 0.5) is 0 Å². The molecule has 0 spiro atoms. The third kappa shape index (κ3) is 2.61. The molecule has 5 nitrogen and oxygen atoms in total. The highest BCUT2D eigenvalue weighted by Crippen LogP contribution is 2.17. The number of rotatable bonds is 4. The highest BCUT2D eigenvalue weighted by molar-refractivity contribution is 5.77. The molecule has 0 unspecified atom stereocenters. The lowest BCUT2D eigenvalue weighted by Gasteiger charge is -2.11. The van der Waals surface area contributed by atoms with Gasteiger partial charge in [0.05, 0.1) is 5.52 Å². The van der Waals surface area contributed by atoms with E-state index in [-0.39, 0.29) is 5.91 Å². The molecule has 1 aromatic heterocycles. The second-order valence-electron chi connectivity index (χ2n) is 5.29. The first kappa shape index (κ1) is 13.0. The van der Waals surface area contributed by atoms with Gasteiger partial charge in [-0.2, -0.15) is 0 Å². The molecule has 20 heavy (non-hydrogen) atoms. The average Bonchev–Trinajstić information content (AvgIpc) is 3.03. The minimum absolute atomic E-state index is 0.00841. The Hall–Kier alpha value is -2.04. The van der Waals surface area contributed by atoms with E-state index in [0.717, 1.165) is 18.4 Å². The Morgan fingerprint density at radius 2 is 2.05 bits per heavy atom. The number of oxazole rings is 1. The van der Waals surface area contributed by atoms with E-state index in [9.17, 15) is 9.59 Å². The van der Waals surface area contributed by atoms with Crippen molar-refractivity contribution in [2.24, 2.45) is 0 Å². The molecule has 1 saturated carbocycles. The number of carbonyl (C=O) groups is 1. The second kappa shape index (κ2) is 5.53. The standard InChI is InChI=1S/C15H18N2O3/c18-14(16-11-5-1-2-6-11)9-10-17-12-7-3-4-8-13(12)20-15(17)19/h3-4,7-8,11H,1-2,5-6,9-10H2,(H,16,18). The molecule has 3 rings (SSSR count). The van der Waals surface area contributed by atoms with Crippen LogP contribution in [0.15, 0.2) is 33.5 Å². The van der Waals surface area contributed by atoms with Crippen molar-refractivity contribution in [3.8, 4) is 0 Å². The van der Waals surface area contributed by atoms with E-state index in [1.165, 1.54) is 17.4 Å². The Morgan fingerprint density at radius 3 is 2.85 bits per heavy atom. The van der Waals surface area contributed by atoms with E-state index < -0.39 is 5.76 Å². The number of fused-ring (bicyclic) bond motifs is 1. The van der Waals surface area contributed by atoms with Crippen molar-refractivity contribution in [2.75, 3.05) is 0 Å². The summed E-state index contributed by atoms with van der Waals surface area (Å²) in [6.07, 6.45) is 4.83. The number of aryl methyl sites for hydroxylation is 1. The smallest absolute Gasteiger partial charge is 0.408 e. The van der Waals surface area contributed by atoms with Crippen LogP contribution in [0, 0.1) is 0 Å². The van der Waals surface area contributed by atoms with Crippen LogP contribution in [0.25, 0.3) is 11.1 Å². The van der Waals surface area contributed by atoms with Crippen LogP contribution in [0.1, 0.15) is 32.1 Å². The highest BCUT2D eigenvalue weighted by atomic mass is 16.4. The van der Waals surface area contributed by atoms with E-state index in [0.29, 0.717) is 24.6 Å². The third-order valence-corrected chi connectivity index (χ3v) is 3.86. The predicted molar refractivity (Wildman–Crippen MR) is 75.5 cm³/mol. The van der Waals surface area contributed by atoms with Crippen molar-refractivity contribution in [2.45, 2.75) is 44.7 Å². The minimum Gasteiger partial charge on any atom is -0.408 e. The Morgan fingerprint density at radius 1 is 1.30 bits per heavy atom. The van der Waals surface area contributed by atoms with Gasteiger partial charge in [-0.3, -0.25) is 9.36 Å². The summed E-state index contributed by atoms with van der Waals surface area (Å²) in [4.78, 5) is 23.6. The van der Waals surface area contributed by atoms with E-state index in [2.05, 4.69) is 5.32 Å². The molecule has 0 aliphatic heterocycles. The molecule has 1 aliphatic carbocycles. The van der Waals surface area contributed by atoms with Gasteiger partial charge in [-0.1, -0.05) is 25.0 Å². The number of para-hydroxylation sites is 2. The lowest BCUT2D eigenvalue weighted by atomic mass is 10.2. The number of carbonyl (C=O) groups excluding carboxylic acids is 1. The number of nitrogens with one attached hydrogen (secondary N) is 1. The second-order valence-corrected chi connectivity index (χ2v) is 5.29. The Bertz CT molecular complexity index is 665. The molecule has 1 heterocycles. The van der Waals surface area contributed by atoms with Gasteiger partial charge in [0.2, 0.25) is 5.91 Å². The summed E-state index contributed by atoms with van der Waals surface area (Å²) in [5.41, 5.74) is 1.31. The van der Waals surface area contributed by atoms with E-state index in [1.54, 1.807) is 6.07 Å². The first-order chi connectivity index (χ1) is 9.74. The number of benzene rings is 1. The summed E-state index contributed by atoms with van der Waals surface area (Å²) in [6.45, 7) is 0.356. The zero-order valence-electron chi connectivity index (χ0n) is 11.3. The molecule has 1 amide bonds. The molecule has 0 bridgehead atoms. The van der Waals surface area contributed by atoms with Gasteiger partial charge >= 0.3 is 5.76 Å². The predicted octanol–water partition coefficient (Wildman–Crippen LogP) is 2.04. The number of aromatic nitrogens is 1. The van der Waals surface area contributed by atoms with Crippen LogP contribution in [0.3, 0.4) is 0 Å². The van der Waals surface area contributed by atoms with Crippen molar-refractivity contribution in [3.05, 3.63) is 34.8 Å². The molecule has 1 N–H and O–H groups in total. The van der Waals surface area contributed by atoms with Crippen molar-refractivity contribution in [1.29, 1.82) is 0 Å². The SMILES string of the molecule is O=C(CCn1c(=O)oc2ccccc21)NC1CCCC1. The average molecular weight is 274 g/mol. The van der Waals surface area contributed by atoms with Crippen LogP contribution < -0.4 is 11.1 Å². The molecule has 1 fully saturated rings. The molecule has 1 aromatic carbocycles. The van der Waals surface area contributed by atoms with Crippen molar-refractivity contribution in [1.82, 2.24) is 9.88 Å². The van der Waals surface area contributed by atoms with Gasteiger partial charge in [0.15, 0.2) is 5.58 Å². The fraction of sp³-hybridized carbons (Fsp3) is 0.467. The fourth-order valence-corrected chi connectivity index (χ4v) is 2.81. The minimum atomic E-state index is -0.403. The van der Waals surface area contributed by atoms with Gasteiger partial charge in [-0.15, -0.1) is 0 Å². The molecule has 5 heteroatoms. The zero-order valence-corrected chi connectivity index (χ0v) is 11.3. The molecule has 0 saturated heterocycles. The fourth-order valence-electron chi connectivity index (χ4n) is 2.81. The van der Waals surface area contributed by atoms with Crippen LogP contribution in [-0.2, 0) is 11.3 Å². The van der Waals surface area contributed by atoms with Gasteiger partial charge in [0.1, 0.15) is 0 Å². The van der Waals surface area contributed by atoms with Crippen LogP contribution in [0.2, 0.25) is 0 Å². The number of hydrogen-bond donors (Lipinski definition) is 1. The first-order valence-electron chi connectivity index (χ1n) is 7.12. The van der Waals surface area contributed by atoms with Gasteiger partial charge in [0.25, 0.3) is 0 Å². The Labute approximate surface area is 116 Å². The van der Waals surface area contributed by atoms with E-state index in [1.807, 2.05) is 18.2 Å². The lowest BCUT2D eigenvalue weighted by molar-refractivity contribution is -0.122. The summed E-state index contributed by atoms with van der Waals surface area (Å²) < 4.78 is 6.66. The first-order valence-corrected chi connectivity index (χ1v) is 7.12. The third-order valence-electron chi connectivity index (χ3n) is 3.86.